The normalized spacial score (nSPS) is 51.6. The molecule has 0 aromatic rings. The minimum atomic E-state index is -4.00. The Morgan fingerprint density at radius 3 is 2.00 bits per heavy atom. The minimum Gasteiger partial charge on any atom is -0.171 e. The van der Waals surface area contributed by atoms with Gasteiger partial charge >= 0.3 is 6.18 Å². The van der Waals surface area contributed by atoms with E-state index in [0.717, 1.165) is 0 Å². The van der Waals surface area contributed by atoms with E-state index < -0.39 is 12.1 Å². The standard InChI is InChI=1S/C6H6ClF3/c7-5-2-1-3(4(2)5)6(8,9)10/h2-5H,1H2. The molecule has 4 heteroatoms. The minimum absolute atomic E-state index is 0.174. The first-order chi connectivity index (χ1) is 4.52. The van der Waals surface area contributed by atoms with Crippen LogP contribution in [0.4, 0.5) is 13.2 Å². The third-order valence-electron chi connectivity index (χ3n) is 2.54. The van der Waals surface area contributed by atoms with Crippen LogP contribution in [0.25, 0.3) is 0 Å². The smallest absolute Gasteiger partial charge is 0.171 e. The predicted octanol–water partition coefficient (Wildman–Crippen LogP) is 2.42. The van der Waals surface area contributed by atoms with Crippen molar-refractivity contribution in [1.82, 2.24) is 0 Å². The molecule has 2 aliphatic rings. The SMILES string of the molecule is FC(F)(F)C1CC2C(Cl)C21. The molecule has 2 saturated carbocycles. The van der Waals surface area contributed by atoms with Crippen LogP contribution in [-0.4, -0.2) is 11.6 Å². The molecule has 58 valence electrons. The second kappa shape index (κ2) is 1.63. The van der Waals surface area contributed by atoms with E-state index in [-0.39, 0.29) is 23.6 Å². The van der Waals surface area contributed by atoms with Gasteiger partial charge in [0.1, 0.15) is 0 Å². The average molecular weight is 171 g/mol. The van der Waals surface area contributed by atoms with E-state index in [1.54, 1.807) is 0 Å². The van der Waals surface area contributed by atoms with Crippen molar-refractivity contribution < 1.29 is 13.2 Å². The van der Waals surface area contributed by atoms with Crippen LogP contribution >= 0.6 is 11.6 Å². The Labute approximate surface area is 61.4 Å². The van der Waals surface area contributed by atoms with Crippen molar-refractivity contribution in [2.75, 3.05) is 0 Å². The number of rotatable bonds is 0. The molecule has 0 aliphatic heterocycles. The fourth-order valence-electron chi connectivity index (χ4n) is 1.77. The van der Waals surface area contributed by atoms with E-state index >= 15 is 0 Å². The molecule has 0 bridgehead atoms. The summed E-state index contributed by atoms with van der Waals surface area (Å²) in [6.07, 6.45) is -3.73. The van der Waals surface area contributed by atoms with Crippen LogP contribution in [0.3, 0.4) is 0 Å². The first kappa shape index (κ1) is 6.77. The van der Waals surface area contributed by atoms with Crippen molar-refractivity contribution in [3.8, 4) is 0 Å². The number of alkyl halides is 4. The van der Waals surface area contributed by atoms with Gasteiger partial charge in [-0.05, 0) is 18.3 Å². The lowest BCUT2D eigenvalue weighted by atomic mass is 9.85. The van der Waals surface area contributed by atoms with Gasteiger partial charge in [-0.15, -0.1) is 11.6 Å². The first-order valence-corrected chi connectivity index (χ1v) is 3.66. The second-order valence-electron chi connectivity index (χ2n) is 3.07. The maximum absolute atomic E-state index is 11.9. The van der Waals surface area contributed by atoms with Crippen molar-refractivity contribution in [3.05, 3.63) is 0 Å². The molecule has 0 radical (unpaired) electrons. The van der Waals surface area contributed by atoms with Crippen molar-refractivity contribution in [1.29, 1.82) is 0 Å². The van der Waals surface area contributed by atoms with Gasteiger partial charge in [-0.3, -0.25) is 0 Å². The summed E-state index contributed by atoms with van der Waals surface area (Å²) in [7, 11) is 0. The van der Waals surface area contributed by atoms with Crippen molar-refractivity contribution >= 4 is 11.6 Å². The quantitative estimate of drug-likeness (QED) is 0.490. The highest BCUT2D eigenvalue weighted by atomic mass is 35.5. The molecular formula is C6H6ClF3. The summed E-state index contributed by atoms with van der Waals surface area (Å²) in [5.74, 6) is -1.13. The second-order valence-corrected chi connectivity index (χ2v) is 3.57. The van der Waals surface area contributed by atoms with Gasteiger partial charge in [0, 0.05) is 5.38 Å². The summed E-state index contributed by atoms with van der Waals surface area (Å²) < 4.78 is 35.7. The molecule has 0 amide bonds. The van der Waals surface area contributed by atoms with Crippen molar-refractivity contribution in [3.63, 3.8) is 0 Å². The van der Waals surface area contributed by atoms with Crippen molar-refractivity contribution in [2.45, 2.75) is 18.0 Å². The van der Waals surface area contributed by atoms with E-state index in [1.165, 1.54) is 0 Å². The molecular weight excluding hydrogens is 165 g/mol. The van der Waals surface area contributed by atoms with Gasteiger partial charge in [-0.25, -0.2) is 0 Å². The van der Waals surface area contributed by atoms with Crippen molar-refractivity contribution in [2.24, 2.45) is 17.8 Å². The Morgan fingerprint density at radius 2 is 1.90 bits per heavy atom. The topological polar surface area (TPSA) is 0 Å². The molecule has 10 heavy (non-hydrogen) atoms. The molecule has 2 aliphatic carbocycles. The van der Waals surface area contributed by atoms with Crippen LogP contribution in [0.1, 0.15) is 6.42 Å². The molecule has 0 N–H and O–H groups in total. The predicted molar refractivity (Wildman–Crippen MR) is 30.8 cm³/mol. The molecule has 4 unspecified atom stereocenters. The zero-order valence-electron chi connectivity index (χ0n) is 5.03. The molecule has 0 aromatic carbocycles. The third kappa shape index (κ3) is 0.698. The van der Waals surface area contributed by atoms with E-state index in [9.17, 15) is 13.2 Å². The lowest BCUT2D eigenvalue weighted by Crippen LogP contribution is -2.31. The summed E-state index contributed by atoms with van der Waals surface area (Å²) in [5, 5.41) is -0.174. The largest absolute Gasteiger partial charge is 0.392 e. The van der Waals surface area contributed by atoms with Crippen LogP contribution in [-0.2, 0) is 0 Å². The van der Waals surface area contributed by atoms with Gasteiger partial charge < -0.3 is 0 Å². The first-order valence-electron chi connectivity index (χ1n) is 3.22. The Balaban J connectivity index is 2.00. The summed E-state index contributed by atoms with van der Waals surface area (Å²) in [6.45, 7) is 0. The summed E-state index contributed by atoms with van der Waals surface area (Å²) >= 11 is 5.55. The van der Waals surface area contributed by atoms with Crippen LogP contribution in [0.5, 0.6) is 0 Å². The number of hydrogen-bond acceptors (Lipinski definition) is 0. The Bertz CT molecular complexity index is 161. The number of fused-ring (bicyclic) bond motifs is 1. The average Bonchev–Trinajstić information content (AvgIpc) is 1.97. The monoisotopic (exact) mass is 170 g/mol. The van der Waals surface area contributed by atoms with Gasteiger partial charge in [0.25, 0.3) is 0 Å². The van der Waals surface area contributed by atoms with Gasteiger partial charge in [0.15, 0.2) is 0 Å². The Hall–Kier alpha value is 0.0800. The van der Waals surface area contributed by atoms with Gasteiger partial charge in [-0.2, -0.15) is 13.2 Å². The Morgan fingerprint density at radius 1 is 1.30 bits per heavy atom. The lowest BCUT2D eigenvalue weighted by Gasteiger charge is -2.26. The molecule has 0 saturated heterocycles. The maximum atomic E-state index is 11.9. The zero-order chi connectivity index (χ0) is 7.52. The van der Waals surface area contributed by atoms with Crippen LogP contribution in [0.2, 0.25) is 0 Å². The summed E-state index contributed by atoms with van der Waals surface area (Å²) in [4.78, 5) is 0. The summed E-state index contributed by atoms with van der Waals surface area (Å²) in [5.41, 5.74) is 0. The van der Waals surface area contributed by atoms with E-state index in [4.69, 9.17) is 11.6 Å². The zero-order valence-corrected chi connectivity index (χ0v) is 5.78. The molecule has 0 spiro atoms. The molecule has 2 fully saturated rings. The van der Waals surface area contributed by atoms with Gasteiger partial charge in [-0.1, -0.05) is 0 Å². The van der Waals surface area contributed by atoms with Crippen LogP contribution in [0, 0.1) is 17.8 Å². The highest BCUT2D eigenvalue weighted by molar-refractivity contribution is 6.23. The van der Waals surface area contributed by atoms with Gasteiger partial charge in [0.05, 0.1) is 5.92 Å². The lowest BCUT2D eigenvalue weighted by molar-refractivity contribution is -0.197. The molecule has 0 aromatic heterocycles. The molecule has 0 heterocycles. The van der Waals surface area contributed by atoms with Gasteiger partial charge in [0.2, 0.25) is 0 Å². The fraction of sp³-hybridized carbons (Fsp3) is 1.00. The molecule has 0 nitrogen and oxygen atoms in total. The Kier molecular flexibility index (Phi) is 1.10. The fourth-order valence-corrected chi connectivity index (χ4v) is 2.32. The van der Waals surface area contributed by atoms with E-state index in [1.807, 2.05) is 0 Å². The van der Waals surface area contributed by atoms with Crippen LogP contribution < -0.4 is 0 Å². The van der Waals surface area contributed by atoms with E-state index in [0.29, 0.717) is 0 Å². The number of hydrogen-bond donors (Lipinski definition) is 0. The highest BCUT2D eigenvalue weighted by Gasteiger charge is 2.69. The summed E-state index contributed by atoms with van der Waals surface area (Å²) in [6, 6.07) is 0. The third-order valence-corrected chi connectivity index (χ3v) is 3.16. The highest BCUT2D eigenvalue weighted by Crippen LogP contribution is 2.66. The van der Waals surface area contributed by atoms with E-state index in [2.05, 4.69) is 0 Å². The van der Waals surface area contributed by atoms with Crippen LogP contribution in [0.15, 0.2) is 0 Å². The molecule has 4 atom stereocenters. The molecule has 2 rings (SSSR count). The number of halogens is 4. The maximum Gasteiger partial charge on any atom is 0.392 e.